The fraction of sp³-hybridized carbons (Fsp3) is 0.833. The fourth-order valence-electron chi connectivity index (χ4n) is 4.98. The summed E-state index contributed by atoms with van der Waals surface area (Å²) in [7, 11) is 0. The van der Waals surface area contributed by atoms with Crippen molar-refractivity contribution in [3.05, 3.63) is 12.2 Å². The second-order valence-electron chi connectivity index (χ2n) is 5.55. The van der Waals surface area contributed by atoms with E-state index in [4.69, 9.17) is 0 Å². The van der Waals surface area contributed by atoms with Crippen LogP contribution < -0.4 is 0 Å². The molecule has 64 valence electrons. The first-order chi connectivity index (χ1) is 5.89. The van der Waals surface area contributed by atoms with Gasteiger partial charge in [0.1, 0.15) is 0 Å². The summed E-state index contributed by atoms with van der Waals surface area (Å²) in [6.45, 7) is 0. The normalized spacial score (nSPS) is 64.7. The minimum Gasteiger partial charge on any atom is -0.0845 e. The Morgan fingerprint density at radius 1 is 1.17 bits per heavy atom. The van der Waals surface area contributed by atoms with Crippen molar-refractivity contribution in [1.29, 1.82) is 0 Å². The van der Waals surface area contributed by atoms with E-state index in [2.05, 4.69) is 12.2 Å². The summed E-state index contributed by atoms with van der Waals surface area (Å²) in [5.74, 6) is 4.45. The summed E-state index contributed by atoms with van der Waals surface area (Å²) in [6, 6.07) is 0. The van der Waals surface area contributed by atoms with Gasteiger partial charge in [-0.1, -0.05) is 25.0 Å². The van der Waals surface area contributed by atoms with Crippen LogP contribution in [-0.2, 0) is 0 Å². The van der Waals surface area contributed by atoms with E-state index in [1.165, 1.54) is 6.42 Å². The van der Waals surface area contributed by atoms with Gasteiger partial charge in [0.15, 0.2) is 0 Å². The molecule has 0 aliphatic heterocycles. The largest absolute Gasteiger partial charge is 0.0845 e. The Balaban J connectivity index is 1.84. The molecule has 4 rings (SSSR count). The van der Waals surface area contributed by atoms with E-state index in [1.807, 2.05) is 0 Å². The Hall–Kier alpha value is -0.260. The van der Waals surface area contributed by atoms with E-state index in [0.29, 0.717) is 0 Å². The maximum atomic E-state index is 2.58. The highest BCUT2D eigenvalue weighted by molar-refractivity contribution is 5.28. The molecule has 0 aromatic carbocycles. The Morgan fingerprint density at radius 2 is 2.17 bits per heavy atom. The lowest BCUT2D eigenvalue weighted by Gasteiger charge is -2.55. The average molecular weight is 160 g/mol. The number of allylic oxidation sites excluding steroid dienone is 2. The van der Waals surface area contributed by atoms with Crippen molar-refractivity contribution >= 4 is 0 Å². The predicted molar refractivity (Wildman–Crippen MR) is 48.6 cm³/mol. The molecule has 12 heavy (non-hydrogen) atoms. The van der Waals surface area contributed by atoms with Crippen molar-refractivity contribution < 1.29 is 0 Å². The number of hydrogen-bond acceptors (Lipinski definition) is 0. The maximum absolute atomic E-state index is 2.58. The summed E-state index contributed by atoms with van der Waals surface area (Å²) >= 11 is 0. The summed E-state index contributed by atoms with van der Waals surface area (Å²) in [5.41, 5.74) is 0.764. The first-order valence-corrected chi connectivity index (χ1v) is 5.58. The summed E-state index contributed by atoms with van der Waals surface area (Å²) < 4.78 is 0. The molecule has 3 saturated carbocycles. The molecule has 4 aliphatic carbocycles. The van der Waals surface area contributed by atoms with Crippen molar-refractivity contribution in [2.75, 3.05) is 0 Å². The molecule has 0 heteroatoms. The lowest BCUT2D eigenvalue weighted by Crippen LogP contribution is -2.48. The van der Waals surface area contributed by atoms with Crippen molar-refractivity contribution in [1.82, 2.24) is 0 Å². The summed E-state index contributed by atoms with van der Waals surface area (Å²) in [4.78, 5) is 0. The van der Waals surface area contributed by atoms with Gasteiger partial charge in [-0.3, -0.25) is 0 Å². The lowest BCUT2D eigenvalue weighted by molar-refractivity contribution is -0.0318. The molecule has 0 aromatic heterocycles. The van der Waals surface area contributed by atoms with Gasteiger partial charge < -0.3 is 0 Å². The molecule has 0 aromatic rings. The summed E-state index contributed by atoms with van der Waals surface area (Å²) in [5, 5.41) is 0. The van der Waals surface area contributed by atoms with Crippen LogP contribution in [0.3, 0.4) is 0 Å². The van der Waals surface area contributed by atoms with Crippen LogP contribution in [0.25, 0.3) is 0 Å². The van der Waals surface area contributed by atoms with Gasteiger partial charge in [-0.05, 0) is 48.3 Å². The van der Waals surface area contributed by atoms with Crippen LogP contribution in [0.5, 0.6) is 0 Å². The maximum Gasteiger partial charge on any atom is -0.00759 e. The molecule has 0 saturated heterocycles. The minimum atomic E-state index is 0.764. The predicted octanol–water partition coefficient (Wildman–Crippen LogP) is 3.00. The molecule has 3 fully saturated rings. The summed E-state index contributed by atoms with van der Waals surface area (Å²) in [6.07, 6.45) is 12.9. The number of rotatable bonds is 0. The third kappa shape index (κ3) is 0.471. The number of fused-ring (bicyclic) bond motifs is 2. The Kier molecular flexibility index (Phi) is 0.865. The van der Waals surface area contributed by atoms with E-state index < -0.39 is 0 Å². The van der Waals surface area contributed by atoms with E-state index in [9.17, 15) is 0 Å². The van der Waals surface area contributed by atoms with Gasteiger partial charge in [-0.25, -0.2) is 0 Å². The van der Waals surface area contributed by atoms with Crippen molar-refractivity contribution in [2.24, 2.45) is 29.1 Å². The Labute approximate surface area is 74.0 Å². The zero-order valence-electron chi connectivity index (χ0n) is 7.50. The smallest absolute Gasteiger partial charge is 0.00759 e. The van der Waals surface area contributed by atoms with Crippen LogP contribution in [0.2, 0.25) is 0 Å². The third-order valence-corrected chi connectivity index (χ3v) is 5.23. The van der Waals surface area contributed by atoms with Crippen molar-refractivity contribution in [2.45, 2.75) is 32.1 Å². The van der Waals surface area contributed by atoms with Gasteiger partial charge in [-0.2, -0.15) is 0 Å². The van der Waals surface area contributed by atoms with Crippen LogP contribution in [0, 0.1) is 29.1 Å². The highest BCUT2D eigenvalue weighted by atomic mass is 14.7. The molecule has 0 N–H and O–H groups in total. The van der Waals surface area contributed by atoms with Gasteiger partial charge in [0.2, 0.25) is 0 Å². The molecular weight excluding hydrogens is 144 g/mol. The fourth-order valence-corrected chi connectivity index (χ4v) is 4.98. The Bertz CT molecular complexity index is 265. The molecular formula is C12H16. The van der Waals surface area contributed by atoms with E-state index >= 15 is 0 Å². The highest BCUT2D eigenvalue weighted by Gasteiger charge is 2.64. The molecule has 1 spiro atoms. The van der Waals surface area contributed by atoms with Crippen molar-refractivity contribution in [3.63, 3.8) is 0 Å². The first kappa shape index (κ1) is 6.23. The van der Waals surface area contributed by atoms with Crippen molar-refractivity contribution in [3.8, 4) is 0 Å². The zero-order valence-corrected chi connectivity index (χ0v) is 7.50. The highest BCUT2D eigenvalue weighted by Crippen LogP contribution is 2.72. The lowest BCUT2D eigenvalue weighted by atomic mass is 9.49. The molecule has 0 heterocycles. The van der Waals surface area contributed by atoms with Gasteiger partial charge >= 0.3 is 0 Å². The second kappa shape index (κ2) is 1.66. The molecule has 0 radical (unpaired) electrons. The quantitative estimate of drug-likeness (QED) is 0.478. The van der Waals surface area contributed by atoms with E-state index in [0.717, 1.165) is 29.1 Å². The van der Waals surface area contributed by atoms with Gasteiger partial charge in [-0.15, -0.1) is 0 Å². The standard InChI is InChI=1S/C12H16/c1-2-9-7-12-5-4-8(6-12)10(3-1)11(9)12/h4-5,8-11H,1-3,6-7H2. The minimum absolute atomic E-state index is 0.764. The SMILES string of the molecule is C1=CC23CC1C1CCCC(C2)C13. The average Bonchev–Trinajstić information content (AvgIpc) is 2.58. The van der Waals surface area contributed by atoms with E-state index in [-0.39, 0.29) is 0 Å². The first-order valence-electron chi connectivity index (χ1n) is 5.58. The second-order valence-corrected chi connectivity index (χ2v) is 5.55. The third-order valence-electron chi connectivity index (χ3n) is 5.23. The Morgan fingerprint density at radius 3 is 3.08 bits per heavy atom. The molecule has 5 atom stereocenters. The van der Waals surface area contributed by atoms with Gasteiger partial charge in [0.25, 0.3) is 0 Å². The van der Waals surface area contributed by atoms with E-state index in [1.54, 1.807) is 25.7 Å². The van der Waals surface area contributed by atoms with Crippen LogP contribution in [0.4, 0.5) is 0 Å². The molecule has 2 bridgehead atoms. The zero-order chi connectivity index (χ0) is 7.76. The molecule has 0 amide bonds. The molecule has 5 unspecified atom stereocenters. The van der Waals surface area contributed by atoms with Crippen LogP contribution in [0.15, 0.2) is 12.2 Å². The van der Waals surface area contributed by atoms with Gasteiger partial charge in [0, 0.05) is 0 Å². The number of hydrogen-bond donors (Lipinski definition) is 0. The van der Waals surface area contributed by atoms with Crippen LogP contribution in [-0.4, -0.2) is 0 Å². The topological polar surface area (TPSA) is 0 Å². The molecule has 0 nitrogen and oxygen atoms in total. The monoisotopic (exact) mass is 160 g/mol. The van der Waals surface area contributed by atoms with Crippen LogP contribution >= 0.6 is 0 Å². The van der Waals surface area contributed by atoms with Gasteiger partial charge in [0.05, 0.1) is 0 Å². The van der Waals surface area contributed by atoms with Crippen LogP contribution in [0.1, 0.15) is 32.1 Å². The molecule has 4 aliphatic rings.